The summed E-state index contributed by atoms with van der Waals surface area (Å²) in [5.41, 5.74) is 2.42. The first kappa shape index (κ1) is 15.5. The van der Waals surface area contributed by atoms with Crippen molar-refractivity contribution in [1.82, 2.24) is 9.38 Å². The van der Waals surface area contributed by atoms with Gasteiger partial charge in [-0.15, -0.1) is 0 Å². The minimum Gasteiger partial charge on any atom is -0.478 e. The molecule has 0 spiro atoms. The van der Waals surface area contributed by atoms with Gasteiger partial charge in [-0.25, -0.2) is 9.78 Å². The predicted octanol–water partition coefficient (Wildman–Crippen LogP) is 2.35. The zero-order chi connectivity index (χ0) is 17.3. The molecule has 0 saturated carbocycles. The Morgan fingerprint density at radius 3 is 2.67 bits per heavy atom. The third-order valence-electron chi connectivity index (χ3n) is 3.55. The van der Waals surface area contributed by atoms with Crippen molar-refractivity contribution in [2.24, 2.45) is 0 Å². The number of pyridine rings is 1. The summed E-state index contributed by atoms with van der Waals surface area (Å²) in [5.74, 6) is -1.44. The van der Waals surface area contributed by atoms with Gasteiger partial charge in [-0.1, -0.05) is 6.07 Å². The van der Waals surface area contributed by atoms with Crippen molar-refractivity contribution in [1.29, 1.82) is 0 Å². The first-order chi connectivity index (χ1) is 11.4. The van der Waals surface area contributed by atoms with Crippen LogP contribution in [-0.2, 0) is 0 Å². The van der Waals surface area contributed by atoms with Crippen LogP contribution < -0.4 is 10.2 Å². The third kappa shape index (κ3) is 3.05. The standard InChI is InChI=1S/C17H16N4O3/c1-20(2)13-6-7-15-19-14(10-21(15)9-13)16(22)18-12-5-3-4-11(8-12)17(23)24/h3-10H,1-2H3,(H,18,22)(H,23,24). The molecular formula is C17H16N4O3. The summed E-state index contributed by atoms with van der Waals surface area (Å²) in [5, 5.41) is 11.7. The van der Waals surface area contributed by atoms with E-state index in [1.807, 2.05) is 37.3 Å². The van der Waals surface area contributed by atoms with Gasteiger partial charge in [0.1, 0.15) is 11.3 Å². The normalized spacial score (nSPS) is 10.6. The number of aromatic carboxylic acids is 1. The number of hydrogen-bond acceptors (Lipinski definition) is 4. The highest BCUT2D eigenvalue weighted by molar-refractivity contribution is 6.03. The van der Waals surface area contributed by atoms with E-state index in [9.17, 15) is 9.59 Å². The molecule has 3 aromatic rings. The van der Waals surface area contributed by atoms with E-state index < -0.39 is 11.9 Å². The molecule has 2 heterocycles. The monoisotopic (exact) mass is 324 g/mol. The fourth-order valence-electron chi connectivity index (χ4n) is 2.28. The summed E-state index contributed by atoms with van der Waals surface area (Å²) >= 11 is 0. The van der Waals surface area contributed by atoms with Crippen LogP contribution in [0.4, 0.5) is 11.4 Å². The lowest BCUT2D eigenvalue weighted by Gasteiger charge is -2.11. The number of nitrogens with one attached hydrogen (secondary N) is 1. The van der Waals surface area contributed by atoms with Gasteiger partial charge in [-0.2, -0.15) is 0 Å². The summed E-state index contributed by atoms with van der Waals surface area (Å²) in [7, 11) is 3.86. The van der Waals surface area contributed by atoms with Crippen molar-refractivity contribution in [3.63, 3.8) is 0 Å². The second-order valence-electron chi connectivity index (χ2n) is 5.51. The number of carbonyl (C=O) groups excluding carboxylic acids is 1. The molecule has 0 saturated heterocycles. The van der Waals surface area contributed by atoms with Gasteiger partial charge in [0, 0.05) is 32.2 Å². The van der Waals surface area contributed by atoms with E-state index in [1.165, 1.54) is 12.1 Å². The molecule has 0 bridgehead atoms. The molecular weight excluding hydrogens is 308 g/mol. The van der Waals surface area contributed by atoms with Gasteiger partial charge in [0.15, 0.2) is 0 Å². The number of fused-ring (bicyclic) bond motifs is 1. The summed E-state index contributed by atoms with van der Waals surface area (Å²) in [6, 6.07) is 9.82. The lowest BCUT2D eigenvalue weighted by atomic mass is 10.2. The van der Waals surface area contributed by atoms with Crippen LogP contribution in [0.2, 0.25) is 0 Å². The Balaban J connectivity index is 1.86. The zero-order valence-electron chi connectivity index (χ0n) is 13.2. The van der Waals surface area contributed by atoms with Gasteiger partial charge < -0.3 is 19.7 Å². The number of imidazole rings is 1. The topological polar surface area (TPSA) is 86.9 Å². The average molecular weight is 324 g/mol. The summed E-state index contributed by atoms with van der Waals surface area (Å²) < 4.78 is 1.78. The number of nitrogens with zero attached hydrogens (tertiary/aromatic N) is 3. The molecule has 3 rings (SSSR count). The quantitative estimate of drug-likeness (QED) is 0.769. The van der Waals surface area contributed by atoms with Crippen LogP contribution in [0.25, 0.3) is 5.65 Å². The second-order valence-corrected chi connectivity index (χ2v) is 5.51. The molecule has 0 aliphatic heterocycles. The molecule has 2 aromatic heterocycles. The number of carboxylic acid groups (broad SMARTS) is 1. The van der Waals surface area contributed by atoms with Gasteiger partial charge in [0.05, 0.1) is 11.3 Å². The van der Waals surface area contributed by atoms with E-state index in [-0.39, 0.29) is 11.3 Å². The molecule has 2 N–H and O–H groups in total. The van der Waals surface area contributed by atoms with E-state index in [0.717, 1.165) is 5.69 Å². The van der Waals surface area contributed by atoms with E-state index in [0.29, 0.717) is 11.3 Å². The smallest absolute Gasteiger partial charge is 0.335 e. The van der Waals surface area contributed by atoms with Crippen molar-refractivity contribution in [3.05, 3.63) is 60.0 Å². The molecule has 1 aromatic carbocycles. The first-order valence-electron chi connectivity index (χ1n) is 7.25. The molecule has 0 unspecified atom stereocenters. The van der Waals surface area contributed by atoms with Gasteiger partial charge in [-0.05, 0) is 30.3 Å². The van der Waals surface area contributed by atoms with Crippen LogP contribution in [0.1, 0.15) is 20.8 Å². The predicted molar refractivity (Wildman–Crippen MR) is 90.9 cm³/mol. The lowest BCUT2D eigenvalue weighted by Crippen LogP contribution is -2.12. The molecule has 0 atom stereocenters. The fourth-order valence-corrected chi connectivity index (χ4v) is 2.28. The van der Waals surface area contributed by atoms with Gasteiger partial charge in [0.25, 0.3) is 5.91 Å². The molecule has 7 nitrogen and oxygen atoms in total. The van der Waals surface area contributed by atoms with Crippen molar-refractivity contribution >= 4 is 28.9 Å². The van der Waals surface area contributed by atoms with Crippen LogP contribution in [0.5, 0.6) is 0 Å². The maximum Gasteiger partial charge on any atom is 0.335 e. The SMILES string of the molecule is CN(C)c1ccc2nc(C(=O)Nc3cccc(C(=O)O)c3)cn2c1. The van der Waals surface area contributed by atoms with Crippen molar-refractivity contribution in [2.75, 3.05) is 24.3 Å². The van der Waals surface area contributed by atoms with E-state index in [1.54, 1.807) is 22.7 Å². The Kier molecular flexibility index (Phi) is 3.91. The zero-order valence-corrected chi connectivity index (χ0v) is 13.2. The Morgan fingerprint density at radius 2 is 1.96 bits per heavy atom. The van der Waals surface area contributed by atoms with Crippen LogP contribution in [0.3, 0.4) is 0 Å². The summed E-state index contributed by atoms with van der Waals surface area (Å²) in [6.45, 7) is 0. The largest absolute Gasteiger partial charge is 0.478 e. The fraction of sp³-hybridized carbons (Fsp3) is 0.118. The summed E-state index contributed by atoms with van der Waals surface area (Å²) in [4.78, 5) is 29.6. The second kappa shape index (κ2) is 6.04. The van der Waals surface area contributed by atoms with E-state index in [2.05, 4.69) is 10.3 Å². The van der Waals surface area contributed by atoms with Crippen molar-refractivity contribution < 1.29 is 14.7 Å². The van der Waals surface area contributed by atoms with Crippen molar-refractivity contribution in [2.45, 2.75) is 0 Å². The molecule has 0 fully saturated rings. The minimum absolute atomic E-state index is 0.110. The Hall–Kier alpha value is -3.35. The molecule has 1 amide bonds. The average Bonchev–Trinajstić information content (AvgIpc) is 2.98. The molecule has 7 heteroatoms. The number of amides is 1. The minimum atomic E-state index is -1.05. The van der Waals surface area contributed by atoms with E-state index >= 15 is 0 Å². The van der Waals surface area contributed by atoms with Crippen molar-refractivity contribution in [3.8, 4) is 0 Å². The van der Waals surface area contributed by atoms with Gasteiger partial charge >= 0.3 is 5.97 Å². The first-order valence-corrected chi connectivity index (χ1v) is 7.25. The highest BCUT2D eigenvalue weighted by Crippen LogP contribution is 2.16. The van der Waals surface area contributed by atoms with Gasteiger partial charge in [0.2, 0.25) is 0 Å². The van der Waals surface area contributed by atoms with Crippen LogP contribution >= 0.6 is 0 Å². The lowest BCUT2D eigenvalue weighted by molar-refractivity contribution is 0.0696. The number of anilines is 2. The number of rotatable bonds is 4. The highest BCUT2D eigenvalue weighted by atomic mass is 16.4. The molecule has 0 radical (unpaired) electrons. The van der Waals surface area contributed by atoms with Crippen LogP contribution in [-0.4, -0.2) is 40.5 Å². The molecule has 24 heavy (non-hydrogen) atoms. The molecule has 122 valence electrons. The third-order valence-corrected chi connectivity index (χ3v) is 3.55. The molecule has 0 aliphatic rings. The number of carbonyl (C=O) groups is 2. The Bertz CT molecular complexity index is 930. The highest BCUT2D eigenvalue weighted by Gasteiger charge is 2.12. The Labute approximate surface area is 138 Å². The Morgan fingerprint density at radius 1 is 1.17 bits per heavy atom. The van der Waals surface area contributed by atoms with Crippen LogP contribution in [0.15, 0.2) is 48.8 Å². The number of hydrogen-bond donors (Lipinski definition) is 2. The maximum atomic E-state index is 12.3. The van der Waals surface area contributed by atoms with E-state index in [4.69, 9.17) is 5.11 Å². The summed E-state index contributed by atoms with van der Waals surface area (Å²) in [6.07, 6.45) is 3.52. The number of benzene rings is 1. The van der Waals surface area contributed by atoms with Crippen LogP contribution in [0, 0.1) is 0 Å². The number of aromatic nitrogens is 2. The maximum absolute atomic E-state index is 12.3. The molecule has 0 aliphatic carbocycles. The number of carboxylic acids is 1. The van der Waals surface area contributed by atoms with Gasteiger partial charge in [-0.3, -0.25) is 4.79 Å².